The molecule has 0 spiro atoms. The van der Waals surface area contributed by atoms with E-state index in [9.17, 15) is 15.0 Å². The fourth-order valence-electron chi connectivity index (χ4n) is 7.43. The molecule has 0 radical (unpaired) electrons. The van der Waals surface area contributed by atoms with Crippen LogP contribution in [0.3, 0.4) is 0 Å². The second kappa shape index (κ2) is 4.82. The lowest BCUT2D eigenvalue weighted by Crippen LogP contribution is -2.66. The van der Waals surface area contributed by atoms with Gasteiger partial charge in [0.25, 0.3) is 0 Å². The second-order valence-electron chi connectivity index (χ2n) is 9.67. The van der Waals surface area contributed by atoms with Crippen LogP contribution in [-0.4, -0.2) is 27.7 Å². The molecule has 0 aromatic rings. The monoisotopic (exact) mass is 320 g/mol. The van der Waals surface area contributed by atoms with Crippen LogP contribution in [-0.2, 0) is 4.79 Å². The van der Waals surface area contributed by atoms with Gasteiger partial charge in [0.1, 0.15) is 5.78 Å². The first kappa shape index (κ1) is 16.1. The minimum absolute atomic E-state index is 0.0957. The Balaban J connectivity index is 1.72. The zero-order valence-corrected chi connectivity index (χ0v) is 14.8. The number of ketones is 1. The number of rotatable bonds is 0. The first-order chi connectivity index (χ1) is 10.7. The maximum absolute atomic E-state index is 12.5. The van der Waals surface area contributed by atoms with Gasteiger partial charge < -0.3 is 10.2 Å². The van der Waals surface area contributed by atoms with Gasteiger partial charge in [-0.25, -0.2) is 0 Å². The molecule has 0 bridgehead atoms. The Bertz CT molecular complexity index is 531. The van der Waals surface area contributed by atoms with Gasteiger partial charge in [-0.05, 0) is 67.6 Å². The molecule has 0 aliphatic heterocycles. The van der Waals surface area contributed by atoms with E-state index in [2.05, 4.69) is 20.8 Å². The minimum atomic E-state index is -0.734. The van der Waals surface area contributed by atoms with Gasteiger partial charge in [0.15, 0.2) is 0 Å². The van der Waals surface area contributed by atoms with Crippen LogP contribution in [0.15, 0.2) is 0 Å². The molecule has 3 heteroatoms. The van der Waals surface area contributed by atoms with Crippen molar-refractivity contribution in [1.29, 1.82) is 0 Å². The van der Waals surface area contributed by atoms with Gasteiger partial charge in [-0.3, -0.25) is 4.79 Å². The summed E-state index contributed by atoms with van der Waals surface area (Å²) in [5, 5.41) is 21.7. The minimum Gasteiger partial charge on any atom is -0.393 e. The summed E-state index contributed by atoms with van der Waals surface area (Å²) in [6.45, 7) is 6.67. The number of hydrogen-bond acceptors (Lipinski definition) is 3. The summed E-state index contributed by atoms with van der Waals surface area (Å²) in [5.41, 5.74) is -0.926. The van der Waals surface area contributed by atoms with E-state index < -0.39 is 5.60 Å². The maximum atomic E-state index is 12.5. The van der Waals surface area contributed by atoms with E-state index in [0.717, 1.165) is 44.9 Å². The van der Waals surface area contributed by atoms with E-state index in [1.54, 1.807) is 0 Å². The molecule has 4 saturated carbocycles. The lowest BCUT2D eigenvalue weighted by atomic mass is 9.41. The van der Waals surface area contributed by atoms with Crippen LogP contribution in [0.5, 0.6) is 0 Å². The highest BCUT2D eigenvalue weighted by molar-refractivity contribution is 5.87. The molecular weight excluding hydrogens is 288 g/mol. The third-order valence-electron chi connectivity index (χ3n) is 8.94. The van der Waals surface area contributed by atoms with Crippen molar-refractivity contribution in [2.45, 2.75) is 83.8 Å². The Morgan fingerprint density at radius 2 is 1.83 bits per heavy atom. The Morgan fingerprint density at radius 1 is 1.09 bits per heavy atom. The second-order valence-corrected chi connectivity index (χ2v) is 9.67. The average Bonchev–Trinajstić information content (AvgIpc) is 2.79. The lowest BCUT2D eigenvalue weighted by Gasteiger charge is -2.65. The molecule has 0 aromatic heterocycles. The number of Topliss-reactive ketones (excluding diaryl/α,β-unsaturated/α-hetero) is 1. The van der Waals surface area contributed by atoms with Crippen LogP contribution in [0.25, 0.3) is 0 Å². The highest BCUT2D eigenvalue weighted by atomic mass is 16.3. The molecular formula is C20H32O3. The van der Waals surface area contributed by atoms with Crippen LogP contribution in [0.4, 0.5) is 0 Å². The topological polar surface area (TPSA) is 57.5 Å². The Kier molecular flexibility index (Phi) is 3.37. The highest BCUT2D eigenvalue weighted by Gasteiger charge is 2.66. The van der Waals surface area contributed by atoms with E-state index >= 15 is 0 Å². The molecule has 4 aliphatic rings. The molecule has 4 rings (SSSR count). The molecule has 8 unspecified atom stereocenters. The highest BCUT2D eigenvalue weighted by Crippen LogP contribution is 2.67. The quantitative estimate of drug-likeness (QED) is 0.720. The van der Waals surface area contributed by atoms with Gasteiger partial charge in [0.2, 0.25) is 0 Å². The summed E-state index contributed by atoms with van der Waals surface area (Å²) in [7, 11) is 0. The standard InChI is InChI=1S/C20H32O3/c1-12-10-14-15-4-5-17(22)18(15,2)8-7-16(14)19(3)9-6-13(21)11-20(12,19)23/h12-16,21,23H,4-11H2,1-3H3. The van der Waals surface area contributed by atoms with Gasteiger partial charge in [0.05, 0.1) is 11.7 Å². The molecule has 130 valence electrons. The van der Waals surface area contributed by atoms with E-state index in [0.29, 0.717) is 30.0 Å². The molecule has 4 fully saturated rings. The van der Waals surface area contributed by atoms with Crippen LogP contribution in [0, 0.1) is 34.5 Å². The predicted molar refractivity (Wildman–Crippen MR) is 88.7 cm³/mol. The molecule has 0 heterocycles. The normalized spacial score (nSPS) is 59.2. The number of hydrogen-bond donors (Lipinski definition) is 2. The van der Waals surface area contributed by atoms with Crippen LogP contribution in [0.1, 0.15) is 72.1 Å². The average molecular weight is 320 g/mol. The molecule has 2 N–H and O–H groups in total. The van der Waals surface area contributed by atoms with Gasteiger partial charge in [-0.2, -0.15) is 0 Å². The van der Waals surface area contributed by atoms with Crippen molar-refractivity contribution in [1.82, 2.24) is 0 Å². The van der Waals surface area contributed by atoms with Crippen molar-refractivity contribution in [3.63, 3.8) is 0 Å². The van der Waals surface area contributed by atoms with Crippen molar-refractivity contribution in [3.8, 4) is 0 Å². The molecule has 3 nitrogen and oxygen atoms in total. The van der Waals surface area contributed by atoms with Crippen LogP contribution in [0.2, 0.25) is 0 Å². The molecule has 8 atom stereocenters. The zero-order valence-electron chi connectivity index (χ0n) is 14.8. The van der Waals surface area contributed by atoms with Crippen molar-refractivity contribution in [3.05, 3.63) is 0 Å². The maximum Gasteiger partial charge on any atom is 0.139 e. The Morgan fingerprint density at radius 3 is 2.57 bits per heavy atom. The Hall–Kier alpha value is -0.410. The summed E-state index contributed by atoms with van der Waals surface area (Å²) < 4.78 is 0. The predicted octanol–water partition coefficient (Wildman–Crippen LogP) is 3.32. The number of carbonyl (C=O) groups excluding carboxylic acids is 1. The zero-order chi connectivity index (χ0) is 16.6. The molecule has 23 heavy (non-hydrogen) atoms. The third-order valence-corrected chi connectivity index (χ3v) is 8.94. The van der Waals surface area contributed by atoms with Crippen LogP contribution < -0.4 is 0 Å². The first-order valence-corrected chi connectivity index (χ1v) is 9.66. The van der Waals surface area contributed by atoms with Crippen molar-refractivity contribution >= 4 is 5.78 Å². The Labute approximate surface area is 139 Å². The molecule has 0 amide bonds. The number of aliphatic hydroxyl groups excluding tert-OH is 1. The van der Waals surface area contributed by atoms with E-state index in [1.165, 1.54) is 0 Å². The van der Waals surface area contributed by atoms with E-state index in [1.807, 2.05) is 0 Å². The van der Waals surface area contributed by atoms with Crippen molar-refractivity contribution in [2.75, 3.05) is 0 Å². The smallest absolute Gasteiger partial charge is 0.139 e. The summed E-state index contributed by atoms with van der Waals surface area (Å²) in [6, 6.07) is 0. The summed E-state index contributed by atoms with van der Waals surface area (Å²) in [6.07, 6.45) is 6.84. The van der Waals surface area contributed by atoms with Gasteiger partial charge in [-0.1, -0.05) is 20.8 Å². The van der Waals surface area contributed by atoms with Crippen molar-refractivity contribution in [2.24, 2.45) is 34.5 Å². The van der Waals surface area contributed by atoms with Gasteiger partial charge >= 0.3 is 0 Å². The van der Waals surface area contributed by atoms with Crippen molar-refractivity contribution < 1.29 is 15.0 Å². The van der Waals surface area contributed by atoms with E-state index in [4.69, 9.17) is 0 Å². The van der Waals surface area contributed by atoms with E-state index in [-0.39, 0.29) is 22.9 Å². The number of aliphatic hydroxyl groups is 2. The summed E-state index contributed by atoms with van der Waals surface area (Å²) in [4.78, 5) is 12.5. The van der Waals surface area contributed by atoms with Crippen LogP contribution >= 0.6 is 0 Å². The number of carbonyl (C=O) groups is 1. The fourth-order valence-corrected chi connectivity index (χ4v) is 7.43. The van der Waals surface area contributed by atoms with Gasteiger partial charge in [0, 0.05) is 18.3 Å². The fraction of sp³-hybridized carbons (Fsp3) is 0.950. The molecule has 4 aliphatic carbocycles. The molecule has 0 saturated heterocycles. The van der Waals surface area contributed by atoms with Gasteiger partial charge in [-0.15, -0.1) is 0 Å². The number of fused-ring (bicyclic) bond motifs is 5. The first-order valence-electron chi connectivity index (χ1n) is 9.66. The lowest BCUT2D eigenvalue weighted by molar-refractivity contribution is -0.241. The third kappa shape index (κ3) is 1.87. The largest absolute Gasteiger partial charge is 0.393 e. The summed E-state index contributed by atoms with van der Waals surface area (Å²) in [5.74, 6) is 2.31. The summed E-state index contributed by atoms with van der Waals surface area (Å²) >= 11 is 0. The molecule has 0 aromatic carbocycles. The SMILES string of the molecule is CC1CC2C3CCC(=O)C3(C)CCC2C2(C)CCC(O)CC12O.